The van der Waals surface area contributed by atoms with Crippen LogP contribution in [0.1, 0.15) is 54.9 Å². The Bertz CT molecular complexity index is 1250. The van der Waals surface area contributed by atoms with Crippen molar-refractivity contribution < 1.29 is 17.9 Å². The number of amidine groups is 1. The molecular weight excluding hydrogens is 441 g/mol. The van der Waals surface area contributed by atoms with E-state index in [-0.39, 0.29) is 17.1 Å². The third-order valence-electron chi connectivity index (χ3n) is 7.68. The monoisotopic (exact) mass is 466 g/mol. The largest absolute Gasteiger partial charge is 0.416 e. The van der Waals surface area contributed by atoms with Crippen molar-refractivity contribution in [3.8, 4) is 17.2 Å². The van der Waals surface area contributed by atoms with E-state index in [4.69, 9.17) is 20.5 Å². The number of ether oxygens (including phenoxy) is 1. The summed E-state index contributed by atoms with van der Waals surface area (Å²) in [5.41, 5.74) is 7.79. The second kappa shape index (κ2) is 7.67. The van der Waals surface area contributed by atoms with Gasteiger partial charge in [-0.2, -0.15) is 18.4 Å². The molecule has 3 aliphatic rings. The lowest BCUT2D eigenvalue weighted by atomic mass is 9.65. The topological polar surface area (TPSA) is 83.8 Å². The van der Waals surface area contributed by atoms with Crippen molar-refractivity contribution in [2.24, 2.45) is 21.1 Å². The summed E-state index contributed by atoms with van der Waals surface area (Å²) in [5, 5.41) is 9.31. The van der Waals surface area contributed by atoms with E-state index in [0.29, 0.717) is 22.7 Å². The molecular formula is C26H25F3N4O. The van der Waals surface area contributed by atoms with Crippen molar-refractivity contribution in [2.75, 3.05) is 7.11 Å². The predicted octanol–water partition coefficient (Wildman–Crippen LogP) is 5.36. The van der Waals surface area contributed by atoms with E-state index in [0.717, 1.165) is 55.4 Å². The van der Waals surface area contributed by atoms with Crippen molar-refractivity contribution in [1.82, 2.24) is 0 Å². The average molecular weight is 467 g/mol. The molecule has 2 aliphatic carbocycles. The maximum absolute atomic E-state index is 13.5. The first-order valence-corrected chi connectivity index (χ1v) is 11.3. The molecule has 1 heterocycles. The molecule has 1 saturated carbocycles. The van der Waals surface area contributed by atoms with Gasteiger partial charge in [0.15, 0.2) is 5.66 Å². The fourth-order valence-corrected chi connectivity index (χ4v) is 5.87. The maximum Gasteiger partial charge on any atom is 0.416 e. The molecule has 0 saturated heterocycles. The molecule has 2 N–H and O–H groups in total. The van der Waals surface area contributed by atoms with E-state index in [2.05, 4.69) is 0 Å². The van der Waals surface area contributed by atoms with E-state index in [1.54, 1.807) is 7.11 Å². The van der Waals surface area contributed by atoms with Gasteiger partial charge < -0.3 is 10.5 Å². The molecule has 1 atom stereocenters. The van der Waals surface area contributed by atoms with Crippen molar-refractivity contribution >= 4 is 11.5 Å². The molecule has 5 nitrogen and oxygen atoms in total. The van der Waals surface area contributed by atoms with Gasteiger partial charge >= 0.3 is 6.18 Å². The molecule has 8 heteroatoms. The molecule has 1 aliphatic heterocycles. The lowest BCUT2D eigenvalue weighted by Crippen LogP contribution is -2.43. The van der Waals surface area contributed by atoms with Crippen LogP contribution in [0.15, 0.2) is 46.4 Å². The zero-order valence-electron chi connectivity index (χ0n) is 19.0. The first-order valence-electron chi connectivity index (χ1n) is 11.3. The second-order valence-corrected chi connectivity index (χ2v) is 9.54. The summed E-state index contributed by atoms with van der Waals surface area (Å²) >= 11 is 0. The Morgan fingerprint density at radius 2 is 1.82 bits per heavy atom. The van der Waals surface area contributed by atoms with Gasteiger partial charge in [-0.3, -0.25) is 4.99 Å². The Labute approximate surface area is 196 Å². The van der Waals surface area contributed by atoms with E-state index in [1.165, 1.54) is 6.07 Å². The summed E-state index contributed by atoms with van der Waals surface area (Å²) in [6.45, 7) is 1.84. The van der Waals surface area contributed by atoms with Crippen molar-refractivity contribution in [2.45, 2.75) is 57.0 Å². The minimum atomic E-state index is -4.55. The number of halogens is 3. The van der Waals surface area contributed by atoms with Crippen LogP contribution in [0.2, 0.25) is 0 Å². The number of nitrogens with zero attached hydrogens (tertiary/aromatic N) is 3. The van der Waals surface area contributed by atoms with E-state index >= 15 is 0 Å². The Morgan fingerprint density at radius 1 is 1.09 bits per heavy atom. The lowest BCUT2D eigenvalue weighted by Gasteiger charge is -2.44. The van der Waals surface area contributed by atoms with Gasteiger partial charge in [-0.15, -0.1) is 0 Å². The van der Waals surface area contributed by atoms with Gasteiger partial charge in [-0.1, -0.05) is 12.1 Å². The van der Waals surface area contributed by atoms with Gasteiger partial charge in [0.2, 0.25) is 0 Å². The van der Waals surface area contributed by atoms with Gasteiger partial charge in [0, 0.05) is 18.1 Å². The minimum Gasteiger partial charge on any atom is -0.382 e. The Hall–Kier alpha value is -3.18. The summed E-state index contributed by atoms with van der Waals surface area (Å²) in [5.74, 6) is 0.400. The molecule has 0 bridgehead atoms. The summed E-state index contributed by atoms with van der Waals surface area (Å²) in [4.78, 5) is 9.92. The summed E-state index contributed by atoms with van der Waals surface area (Å²) in [6, 6.07) is 11.0. The molecule has 2 spiro atoms. The Balaban J connectivity index is 1.65. The number of fused-ring (bicyclic) bond motifs is 3. The fraction of sp³-hybridized carbons (Fsp3) is 0.423. The molecule has 176 valence electrons. The van der Waals surface area contributed by atoms with Crippen molar-refractivity contribution in [3.63, 3.8) is 0 Å². The maximum atomic E-state index is 13.5. The van der Waals surface area contributed by atoms with Crippen molar-refractivity contribution in [3.05, 3.63) is 58.7 Å². The molecule has 0 amide bonds. The second-order valence-electron chi connectivity index (χ2n) is 9.54. The molecule has 0 aromatic heterocycles. The third kappa shape index (κ3) is 3.33. The first-order chi connectivity index (χ1) is 16.1. The number of nitriles is 1. The van der Waals surface area contributed by atoms with Gasteiger partial charge in [0.1, 0.15) is 5.84 Å². The SMILES string of the molecule is COC1CCC2(CC1)Cc1ccc(-c3cc(C#N)cc(C(F)(F)F)c3)cc1[C@@]21N=C(C)C(N)=N1. The smallest absolute Gasteiger partial charge is 0.382 e. The van der Waals surface area contributed by atoms with Gasteiger partial charge in [-0.05, 0) is 80.0 Å². The average Bonchev–Trinajstić information content (AvgIpc) is 3.26. The molecule has 0 unspecified atom stereocenters. The molecule has 1 fully saturated rings. The standard InChI is InChI=1S/C26H25F3N4O/c1-15-23(31)33-25(32-15)22-12-17(19-9-16(14-30)10-20(11-19)26(27,28)29)3-4-18(22)13-24(25)7-5-21(34-2)6-8-24/h3-4,9-12,21H,5-8,13H2,1-2H3,(H2,31,33)/t21?,24?,25-/m0/s1. The lowest BCUT2D eigenvalue weighted by molar-refractivity contribution is -0.137. The number of methoxy groups -OCH3 is 1. The zero-order chi connectivity index (χ0) is 24.3. The van der Waals surface area contributed by atoms with Crippen LogP contribution in [0.25, 0.3) is 11.1 Å². The van der Waals surface area contributed by atoms with E-state index in [9.17, 15) is 18.4 Å². The Kier molecular flexibility index (Phi) is 5.10. The van der Waals surface area contributed by atoms with Crippen LogP contribution in [0, 0.1) is 16.7 Å². The highest BCUT2D eigenvalue weighted by atomic mass is 19.4. The first kappa shape index (κ1) is 22.6. The van der Waals surface area contributed by atoms with Crippen LogP contribution in [-0.4, -0.2) is 24.8 Å². The van der Waals surface area contributed by atoms with Crippen molar-refractivity contribution in [1.29, 1.82) is 5.26 Å². The van der Waals surface area contributed by atoms with E-state index < -0.39 is 17.4 Å². The molecule has 34 heavy (non-hydrogen) atoms. The van der Waals surface area contributed by atoms with E-state index in [1.807, 2.05) is 31.2 Å². The van der Waals surface area contributed by atoms with Gasteiger partial charge in [0.25, 0.3) is 0 Å². The van der Waals surface area contributed by atoms with Gasteiger partial charge in [0.05, 0.1) is 29.0 Å². The number of benzene rings is 2. The number of aliphatic imine (C=N–C) groups is 2. The third-order valence-corrected chi connectivity index (χ3v) is 7.68. The molecule has 2 aromatic carbocycles. The predicted molar refractivity (Wildman–Crippen MR) is 123 cm³/mol. The Morgan fingerprint density at radius 3 is 2.41 bits per heavy atom. The summed E-state index contributed by atoms with van der Waals surface area (Å²) < 4.78 is 46.0. The molecule has 0 radical (unpaired) electrons. The quantitative estimate of drug-likeness (QED) is 0.647. The van der Waals surface area contributed by atoms with Crippen LogP contribution in [0.3, 0.4) is 0 Å². The van der Waals surface area contributed by atoms with Crippen LogP contribution < -0.4 is 5.73 Å². The number of hydrogen-bond acceptors (Lipinski definition) is 5. The number of nitrogens with two attached hydrogens (primary N) is 1. The van der Waals surface area contributed by atoms with Crippen LogP contribution >= 0.6 is 0 Å². The summed E-state index contributed by atoms with van der Waals surface area (Å²) in [6.07, 6.45) is -0.0568. The van der Waals surface area contributed by atoms with Gasteiger partial charge in [-0.25, -0.2) is 4.99 Å². The highest BCUT2D eigenvalue weighted by Crippen LogP contribution is 2.62. The minimum absolute atomic E-state index is 0.0357. The highest BCUT2D eigenvalue weighted by Gasteiger charge is 2.60. The fourth-order valence-electron chi connectivity index (χ4n) is 5.87. The van der Waals surface area contributed by atoms with Crippen LogP contribution in [-0.2, 0) is 23.0 Å². The molecule has 2 aromatic rings. The summed E-state index contributed by atoms with van der Waals surface area (Å²) in [7, 11) is 1.73. The van der Waals surface area contributed by atoms with Crippen LogP contribution in [0.4, 0.5) is 13.2 Å². The number of alkyl halides is 3. The highest BCUT2D eigenvalue weighted by molar-refractivity contribution is 6.41. The number of rotatable bonds is 2. The number of hydrogen-bond donors (Lipinski definition) is 1. The normalized spacial score (nSPS) is 28.1. The zero-order valence-corrected chi connectivity index (χ0v) is 19.0. The van der Waals surface area contributed by atoms with Crippen LogP contribution in [0.5, 0.6) is 0 Å². The molecule has 5 rings (SSSR count).